The molecule has 3 rings (SSSR count). The Hall–Kier alpha value is -2.90. The van der Waals surface area contributed by atoms with Crippen molar-refractivity contribution in [3.05, 3.63) is 57.1 Å². The van der Waals surface area contributed by atoms with Gasteiger partial charge in [0, 0.05) is 6.54 Å². The first kappa shape index (κ1) is 22.8. The summed E-state index contributed by atoms with van der Waals surface area (Å²) in [6.45, 7) is 2.15. The molecule has 1 aliphatic heterocycles. The molecule has 0 aliphatic carbocycles. The average Bonchev–Trinajstić information content (AvgIpc) is 2.98. The molecule has 1 atom stereocenters. The summed E-state index contributed by atoms with van der Waals surface area (Å²) in [6.07, 6.45) is 0.589. The van der Waals surface area contributed by atoms with E-state index in [1.807, 2.05) is 6.92 Å². The summed E-state index contributed by atoms with van der Waals surface area (Å²) >= 11 is 12.6. The second kappa shape index (κ2) is 9.08. The van der Waals surface area contributed by atoms with Crippen molar-refractivity contribution in [2.45, 2.75) is 19.4 Å². The standard InChI is InChI=1S/C22H21Cl2NO6/c1-4-8-25-17(11-6-5-7-12(26)9-11)15(19(28)22(25)29)18(27)13-10-14(23)21(31-3)16(24)20(13)30-2/h5-7,9-10,17,26-27H,4,8H2,1-3H3/b18-15+. The summed E-state index contributed by atoms with van der Waals surface area (Å²) in [4.78, 5) is 27.1. The number of phenolic OH excluding ortho intramolecular Hbond substituents is 1. The lowest BCUT2D eigenvalue weighted by Crippen LogP contribution is -2.30. The highest BCUT2D eigenvalue weighted by Gasteiger charge is 2.46. The van der Waals surface area contributed by atoms with E-state index in [1.54, 1.807) is 12.1 Å². The summed E-state index contributed by atoms with van der Waals surface area (Å²) in [5.74, 6) is -1.95. The second-order valence-electron chi connectivity index (χ2n) is 6.87. The molecule has 31 heavy (non-hydrogen) atoms. The minimum Gasteiger partial charge on any atom is -0.508 e. The molecule has 2 aromatic carbocycles. The molecule has 164 valence electrons. The number of carbonyl (C=O) groups excluding carboxylic acids is 2. The fraction of sp³-hybridized carbons (Fsp3) is 0.273. The molecule has 1 heterocycles. The molecule has 0 spiro atoms. The van der Waals surface area contributed by atoms with Gasteiger partial charge in [0.05, 0.1) is 36.4 Å². The fourth-order valence-electron chi connectivity index (χ4n) is 3.68. The zero-order valence-corrected chi connectivity index (χ0v) is 18.6. The first-order valence-corrected chi connectivity index (χ1v) is 10.2. The Bertz CT molecular complexity index is 1080. The number of aliphatic hydroxyl groups excluding tert-OH is 1. The highest BCUT2D eigenvalue weighted by molar-refractivity contribution is 6.47. The maximum Gasteiger partial charge on any atom is 0.295 e. The lowest BCUT2D eigenvalue weighted by atomic mass is 9.94. The minimum atomic E-state index is -0.906. The monoisotopic (exact) mass is 465 g/mol. The number of aliphatic hydroxyl groups is 1. The van der Waals surface area contributed by atoms with Gasteiger partial charge < -0.3 is 24.6 Å². The molecule has 2 N–H and O–H groups in total. The van der Waals surface area contributed by atoms with Crippen LogP contribution in [0.5, 0.6) is 17.2 Å². The van der Waals surface area contributed by atoms with Crippen molar-refractivity contribution in [2.24, 2.45) is 0 Å². The van der Waals surface area contributed by atoms with Gasteiger partial charge in [0.1, 0.15) is 16.5 Å². The molecule has 1 unspecified atom stereocenters. The molecule has 1 saturated heterocycles. The molecule has 0 bridgehead atoms. The second-order valence-corrected chi connectivity index (χ2v) is 7.66. The lowest BCUT2D eigenvalue weighted by molar-refractivity contribution is -0.139. The molecule has 1 fully saturated rings. The Kier molecular flexibility index (Phi) is 6.67. The summed E-state index contributed by atoms with van der Waals surface area (Å²) in [6, 6.07) is 6.62. The number of hydrogen-bond donors (Lipinski definition) is 2. The van der Waals surface area contributed by atoms with Crippen molar-refractivity contribution in [3.63, 3.8) is 0 Å². The van der Waals surface area contributed by atoms with Crippen LogP contribution in [-0.4, -0.2) is 47.6 Å². The molecular formula is C22H21Cl2NO6. The predicted octanol–water partition coefficient (Wildman–Crippen LogP) is 4.55. The Balaban J connectivity index is 2.31. The molecule has 0 saturated carbocycles. The van der Waals surface area contributed by atoms with Crippen LogP contribution in [0.15, 0.2) is 35.9 Å². The molecule has 1 aliphatic rings. The number of rotatable bonds is 6. The van der Waals surface area contributed by atoms with E-state index in [1.165, 1.54) is 37.3 Å². The molecule has 0 radical (unpaired) electrons. The summed E-state index contributed by atoms with van der Waals surface area (Å²) in [5.41, 5.74) is 0.358. The maximum atomic E-state index is 13.0. The first-order valence-electron chi connectivity index (χ1n) is 9.44. The van der Waals surface area contributed by atoms with Crippen LogP contribution in [0.3, 0.4) is 0 Å². The van der Waals surface area contributed by atoms with Crippen LogP contribution in [0.25, 0.3) is 5.76 Å². The van der Waals surface area contributed by atoms with Gasteiger partial charge in [-0.05, 0) is 30.2 Å². The van der Waals surface area contributed by atoms with E-state index in [9.17, 15) is 19.8 Å². The Morgan fingerprint density at radius 1 is 1.13 bits per heavy atom. The van der Waals surface area contributed by atoms with Crippen LogP contribution in [0.2, 0.25) is 10.0 Å². The third-order valence-electron chi connectivity index (χ3n) is 4.99. The van der Waals surface area contributed by atoms with Gasteiger partial charge in [0.2, 0.25) is 0 Å². The normalized spacial score (nSPS) is 17.8. The van der Waals surface area contributed by atoms with E-state index in [2.05, 4.69) is 0 Å². The van der Waals surface area contributed by atoms with Gasteiger partial charge >= 0.3 is 0 Å². The zero-order chi connectivity index (χ0) is 22.9. The van der Waals surface area contributed by atoms with Gasteiger partial charge in [-0.1, -0.05) is 42.3 Å². The fourth-order valence-corrected chi connectivity index (χ4v) is 4.37. The SMILES string of the molecule is CCCN1C(=O)C(=O)/C(=C(/O)c2cc(Cl)c(OC)c(Cl)c2OC)C1c1cccc(O)c1. The van der Waals surface area contributed by atoms with E-state index in [4.69, 9.17) is 32.7 Å². The Morgan fingerprint density at radius 2 is 1.81 bits per heavy atom. The minimum absolute atomic E-state index is 0.00995. The number of methoxy groups -OCH3 is 2. The van der Waals surface area contributed by atoms with Gasteiger partial charge in [-0.3, -0.25) is 9.59 Å². The van der Waals surface area contributed by atoms with Crippen molar-refractivity contribution < 1.29 is 29.3 Å². The maximum absolute atomic E-state index is 13.0. The number of likely N-dealkylation sites (tertiary alicyclic amines) is 1. The number of nitrogens with zero attached hydrogens (tertiary/aromatic N) is 1. The topological polar surface area (TPSA) is 96.3 Å². The Labute approximate surface area is 189 Å². The number of ether oxygens (including phenoxy) is 2. The third-order valence-corrected chi connectivity index (χ3v) is 5.61. The molecule has 2 aromatic rings. The Morgan fingerprint density at radius 3 is 2.39 bits per heavy atom. The zero-order valence-electron chi connectivity index (χ0n) is 17.1. The van der Waals surface area contributed by atoms with Crippen LogP contribution in [-0.2, 0) is 9.59 Å². The summed E-state index contributed by atoms with van der Waals surface area (Å²) < 4.78 is 10.5. The van der Waals surface area contributed by atoms with Crippen LogP contribution in [0.4, 0.5) is 0 Å². The number of carbonyl (C=O) groups is 2. The number of hydrogen-bond acceptors (Lipinski definition) is 6. The van der Waals surface area contributed by atoms with E-state index in [0.29, 0.717) is 12.0 Å². The number of phenols is 1. The van der Waals surface area contributed by atoms with E-state index >= 15 is 0 Å². The van der Waals surface area contributed by atoms with Gasteiger partial charge in [-0.2, -0.15) is 0 Å². The quantitative estimate of drug-likeness (QED) is 0.369. The number of aromatic hydroxyl groups is 1. The third kappa shape index (κ3) is 3.91. The van der Waals surface area contributed by atoms with Crippen LogP contribution in [0.1, 0.15) is 30.5 Å². The summed E-state index contributed by atoms with van der Waals surface area (Å²) in [5, 5.41) is 21.2. The average molecular weight is 466 g/mol. The number of ketones is 1. The van der Waals surface area contributed by atoms with Crippen molar-refractivity contribution in [1.29, 1.82) is 0 Å². The van der Waals surface area contributed by atoms with Crippen molar-refractivity contribution in [1.82, 2.24) is 4.90 Å². The molecule has 1 amide bonds. The lowest BCUT2D eigenvalue weighted by Gasteiger charge is -2.25. The van der Waals surface area contributed by atoms with E-state index < -0.39 is 23.5 Å². The highest BCUT2D eigenvalue weighted by atomic mass is 35.5. The number of Topliss-reactive ketones (excluding diaryl/α,β-unsaturated/α-hetero) is 1. The number of halogens is 2. The molecular weight excluding hydrogens is 445 g/mol. The van der Waals surface area contributed by atoms with Gasteiger partial charge in [0.25, 0.3) is 11.7 Å². The van der Waals surface area contributed by atoms with E-state index in [0.717, 1.165) is 0 Å². The predicted molar refractivity (Wildman–Crippen MR) is 117 cm³/mol. The molecule has 9 heteroatoms. The van der Waals surface area contributed by atoms with Crippen molar-refractivity contribution in [2.75, 3.05) is 20.8 Å². The van der Waals surface area contributed by atoms with Gasteiger partial charge in [-0.15, -0.1) is 0 Å². The highest BCUT2D eigenvalue weighted by Crippen LogP contribution is 2.47. The van der Waals surface area contributed by atoms with Crippen molar-refractivity contribution in [3.8, 4) is 17.2 Å². The smallest absolute Gasteiger partial charge is 0.295 e. The van der Waals surface area contributed by atoms with Crippen molar-refractivity contribution >= 4 is 40.7 Å². The molecule has 7 nitrogen and oxygen atoms in total. The summed E-state index contributed by atoms with van der Waals surface area (Å²) in [7, 11) is 2.72. The van der Waals surface area contributed by atoms with Crippen LogP contribution < -0.4 is 9.47 Å². The van der Waals surface area contributed by atoms with Gasteiger partial charge in [0.15, 0.2) is 11.5 Å². The first-order chi connectivity index (χ1) is 14.8. The van der Waals surface area contributed by atoms with Crippen LogP contribution >= 0.6 is 23.2 Å². The molecule has 0 aromatic heterocycles. The number of benzene rings is 2. The largest absolute Gasteiger partial charge is 0.508 e. The van der Waals surface area contributed by atoms with E-state index in [-0.39, 0.29) is 45.0 Å². The van der Waals surface area contributed by atoms with Crippen LogP contribution in [0, 0.1) is 0 Å². The number of amides is 1. The van der Waals surface area contributed by atoms with Gasteiger partial charge in [-0.25, -0.2) is 0 Å².